The Morgan fingerprint density at radius 3 is 2.50 bits per heavy atom. The zero-order valence-electron chi connectivity index (χ0n) is 12.7. The molecule has 0 aromatic carbocycles. The Balaban J connectivity index is 2.47. The third-order valence-corrected chi connectivity index (χ3v) is 4.09. The molecule has 0 spiro atoms. The lowest BCUT2D eigenvalue weighted by Crippen LogP contribution is -2.49. The molecule has 20 heavy (non-hydrogen) atoms. The minimum Gasteiger partial charge on any atom is -0.481 e. The van der Waals surface area contributed by atoms with Gasteiger partial charge in [0.2, 0.25) is 0 Å². The molecule has 3 N–H and O–H groups in total. The summed E-state index contributed by atoms with van der Waals surface area (Å²) in [6.45, 7) is 2.56. The van der Waals surface area contributed by atoms with Crippen molar-refractivity contribution in [3.8, 4) is 0 Å². The summed E-state index contributed by atoms with van der Waals surface area (Å²) >= 11 is 0. The molecule has 116 valence electrons. The van der Waals surface area contributed by atoms with Crippen LogP contribution < -0.4 is 10.6 Å². The van der Waals surface area contributed by atoms with E-state index in [2.05, 4.69) is 10.6 Å². The van der Waals surface area contributed by atoms with Crippen LogP contribution in [0.15, 0.2) is 0 Å². The fourth-order valence-corrected chi connectivity index (χ4v) is 2.42. The first-order valence-corrected chi connectivity index (χ1v) is 7.35. The van der Waals surface area contributed by atoms with E-state index in [0.29, 0.717) is 13.0 Å². The number of nitrogens with one attached hydrogen (secondary N) is 2. The fourth-order valence-electron chi connectivity index (χ4n) is 2.42. The Morgan fingerprint density at radius 2 is 1.90 bits per heavy atom. The van der Waals surface area contributed by atoms with E-state index in [-0.39, 0.29) is 18.1 Å². The molecule has 0 aliphatic heterocycles. The van der Waals surface area contributed by atoms with Gasteiger partial charge in [0, 0.05) is 18.6 Å². The standard InChI is InChI=1S/C14H27N3O3/c1-10(17(2)3)9-15-14(20)16-12-8-6-4-5-7-11(12)13(18)19/h10-12H,4-9H2,1-3H3,(H,18,19)(H2,15,16,20). The molecule has 3 unspecified atom stereocenters. The molecular formula is C14H27N3O3. The molecule has 0 aromatic heterocycles. The van der Waals surface area contributed by atoms with E-state index < -0.39 is 11.9 Å². The van der Waals surface area contributed by atoms with Gasteiger partial charge in [-0.3, -0.25) is 4.79 Å². The topological polar surface area (TPSA) is 81.7 Å². The van der Waals surface area contributed by atoms with Crippen LogP contribution in [0.4, 0.5) is 4.79 Å². The molecule has 0 radical (unpaired) electrons. The summed E-state index contributed by atoms with van der Waals surface area (Å²) in [6, 6.07) is -0.285. The Kier molecular flexibility index (Phi) is 6.78. The molecule has 1 aliphatic carbocycles. The molecule has 0 saturated heterocycles. The van der Waals surface area contributed by atoms with E-state index in [1.807, 2.05) is 25.9 Å². The van der Waals surface area contributed by atoms with Crippen LogP contribution in [0.1, 0.15) is 39.0 Å². The minimum absolute atomic E-state index is 0.241. The van der Waals surface area contributed by atoms with Crippen LogP contribution in [0, 0.1) is 5.92 Å². The van der Waals surface area contributed by atoms with Gasteiger partial charge in [0.25, 0.3) is 0 Å². The zero-order chi connectivity index (χ0) is 15.1. The number of likely N-dealkylation sites (N-methyl/N-ethyl adjacent to an activating group) is 1. The Bertz CT molecular complexity index is 334. The van der Waals surface area contributed by atoms with Gasteiger partial charge >= 0.3 is 12.0 Å². The second kappa shape index (κ2) is 8.09. The number of urea groups is 1. The lowest BCUT2D eigenvalue weighted by Gasteiger charge is -2.24. The van der Waals surface area contributed by atoms with Gasteiger partial charge in [0.15, 0.2) is 0 Å². The minimum atomic E-state index is -0.807. The van der Waals surface area contributed by atoms with Gasteiger partial charge in [-0.25, -0.2) is 4.79 Å². The quantitative estimate of drug-likeness (QED) is 0.664. The van der Waals surface area contributed by atoms with Crippen LogP contribution >= 0.6 is 0 Å². The average Bonchev–Trinajstić information content (AvgIpc) is 2.61. The van der Waals surface area contributed by atoms with Gasteiger partial charge in [0.05, 0.1) is 5.92 Å². The monoisotopic (exact) mass is 285 g/mol. The number of carbonyl (C=O) groups excluding carboxylic acids is 1. The molecule has 0 heterocycles. The predicted octanol–water partition coefficient (Wildman–Crippen LogP) is 1.27. The van der Waals surface area contributed by atoms with E-state index in [4.69, 9.17) is 0 Å². The zero-order valence-corrected chi connectivity index (χ0v) is 12.7. The van der Waals surface area contributed by atoms with E-state index in [1.165, 1.54) is 0 Å². The highest BCUT2D eigenvalue weighted by Gasteiger charge is 2.30. The van der Waals surface area contributed by atoms with Gasteiger partial charge in [0.1, 0.15) is 0 Å². The Hall–Kier alpha value is -1.30. The number of hydrogen-bond donors (Lipinski definition) is 3. The van der Waals surface area contributed by atoms with Crippen molar-refractivity contribution < 1.29 is 14.7 Å². The first kappa shape index (κ1) is 16.8. The number of rotatable bonds is 5. The molecule has 0 bridgehead atoms. The molecule has 1 saturated carbocycles. The molecule has 1 rings (SSSR count). The maximum absolute atomic E-state index is 11.9. The summed E-state index contributed by atoms with van der Waals surface area (Å²) < 4.78 is 0. The van der Waals surface area contributed by atoms with Crippen LogP contribution in [-0.2, 0) is 4.79 Å². The van der Waals surface area contributed by atoms with Crippen LogP contribution in [0.5, 0.6) is 0 Å². The van der Waals surface area contributed by atoms with E-state index >= 15 is 0 Å². The van der Waals surface area contributed by atoms with Crippen molar-refractivity contribution in [1.29, 1.82) is 0 Å². The number of amides is 2. The van der Waals surface area contributed by atoms with Crippen molar-refractivity contribution >= 4 is 12.0 Å². The maximum Gasteiger partial charge on any atom is 0.315 e. The Morgan fingerprint density at radius 1 is 1.25 bits per heavy atom. The summed E-state index contributed by atoms with van der Waals surface area (Å²) in [4.78, 5) is 25.2. The van der Waals surface area contributed by atoms with E-state index in [9.17, 15) is 14.7 Å². The third kappa shape index (κ3) is 5.36. The number of carboxylic acid groups (broad SMARTS) is 1. The number of hydrogen-bond acceptors (Lipinski definition) is 3. The molecule has 1 fully saturated rings. The van der Waals surface area contributed by atoms with E-state index in [0.717, 1.165) is 25.7 Å². The van der Waals surface area contributed by atoms with Crippen LogP contribution in [-0.4, -0.2) is 54.7 Å². The number of aliphatic carboxylic acids is 1. The predicted molar refractivity (Wildman–Crippen MR) is 77.7 cm³/mol. The second-order valence-corrected chi connectivity index (χ2v) is 5.86. The first-order chi connectivity index (χ1) is 9.41. The van der Waals surface area contributed by atoms with Crippen molar-refractivity contribution in [2.24, 2.45) is 5.92 Å². The number of nitrogens with zero attached hydrogens (tertiary/aromatic N) is 1. The van der Waals surface area contributed by atoms with Crippen molar-refractivity contribution in [2.45, 2.75) is 51.1 Å². The smallest absolute Gasteiger partial charge is 0.315 e. The summed E-state index contributed by atoms with van der Waals surface area (Å²) in [5.41, 5.74) is 0. The molecule has 2 amide bonds. The summed E-state index contributed by atoms with van der Waals surface area (Å²) in [6.07, 6.45) is 4.33. The highest BCUT2D eigenvalue weighted by atomic mass is 16.4. The van der Waals surface area contributed by atoms with Gasteiger partial charge in [-0.15, -0.1) is 0 Å². The van der Waals surface area contributed by atoms with E-state index in [1.54, 1.807) is 0 Å². The molecular weight excluding hydrogens is 258 g/mol. The summed E-state index contributed by atoms with van der Waals surface area (Å²) in [7, 11) is 3.91. The molecule has 0 aromatic rings. The van der Waals surface area contributed by atoms with Crippen LogP contribution in [0.3, 0.4) is 0 Å². The molecule has 6 nitrogen and oxygen atoms in total. The summed E-state index contributed by atoms with van der Waals surface area (Å²) in [5.74, 6) is -1.27. The van der Waals surface area contributed by atoms with Crippen LogP contribution in [0.25, 0.3) is 0 Å². The van der Waals surface area contributed by atoms with Crippen molar-refractivity contribution in [2.75, 3.05) is 20.6 Å². The normalized spacial score (nSPS) is 24.8. The van der Waals surface area contributed by atoms with Gasteiger partial charge in [-0.05, 0) is 33.9 Å². The lowest BCUT2D eigenvalue weighted by atomic mass is 9.95. The maximum atomic E-state index is 11.9. The average molecular weight is 285 g/mol. The highest BCUT2D eigenvalue weighted by Crippen LogP contribution is 2.23. The summed E-state index contributed by atoms with van der Waals surface area (Å²) in [5, 5.41) is 14.9. The fraction of sp³-hybridized carbons (Fsp3) is 0.857. The van der Waals surface area contributed by atoms with Crippen molar-refractivity contribution in [3.63, 3.8) is 0 Å². The third-order valence-electron chi connectivity index (χ3n) is 4.09. The Labute approximate surface area is 120 Å². The van der Waals surface area contributed by atoms with Gasteiger partial charge < -0.3 is 20.6 Å². The largest absolute Gasteiger partial charge is 0.481 e. The lowest BCUT2D eigenvalue weighted by molar-refractivity contribution is -0.142. The van der Waals surface area contributed by atoms with Crippen LogP contribution in [0.2, 0.25) is 0 Å². The van der Waals surface area contributed by atoms with Crippen molar-refractivity contribution in [3.05, 3.63) is 0 Å². The molecule has 3 atom stereocenters. The van der Waals surface area contributed by atoms with Gasteiger partial charge in [-0.1, -0.05) is 19.3 Å². The SMILES string of the molecule is CC(CNC(=O)NC1CCCCCC1C(=O)O)N(C)C. The first-order valence-electron chi connectivity index (χ1n) is 7.35. The van der Waals surface area contributed by atoms with Crippen molar-refractivity contribution in [1.82, 2.24) is 15.5 Å². The second-order valence-electron chi connectivity index (χ2n) is 5.86. The van der Waals surface area contributed by atoms with Gasteiger partial charge in [-0.2, -0.15) is 0 Å². The number of carbonyl (C=O) groups is 2. The molecule has 1 aliphatic rings. The highest BCUT2D eigenvalue weighted by molar-refractivity contribution is 5.76. The number of carboxylic acids is 1. The molecule has 6 heteroatoms.